The molecule has 0 saturated carbocycles. The third-order valence-electron chi connectivity index (χ3n) is 3.40. The van der Waals surface area contributed by atoms with Crippen molar-refractivity contribution in [1.29, 1.82) is 0 Å². The van der Waals surface area contributed by atoms with Crippen LogP contribution in [0.4, 0.5) is 19.7 Å². The Morgan fingerprint density at radius 1 is 1.27 bits per heavy atom. The number of thiazole rings is 1. The summed E-state index contributed by atoms with van der Waals surface area (Å²) in [5.41, 5.74) is 1.23. The van der Waals surface area contributed by atoms with Gasteiger partial charge in [0, 0.05) is 6.54 Å². The highest BCUT2D eigenvalue weighted by atomic mass is 35.5. The topological polar surface area (TPSA) is 66.9 Å². The van der Waals surface area contributed by atoms with Crippen LogP contribution in [0.1, 0.15) is 20.9 Å². The Morgan fingerprint density at radius 2 is 2.08 bits per heavy atom. The van der Waals surface area contributed by atoms with E-state index in [1.54, 1.807) is 13.0 Å². The molecule has 3 rings (SSSR count). The number of hydrogen-bond acceptors (Lipinski definition) is 5. The summed E-state index contributed by atoms with van der Waals surface area (Å²) in [7, 11) is 0. The monoisotopic (exact) mass is 394 g/mol. The Bertz CT molecular complexity index is 946. The van der Waals surface area contributed by atoms with E-state index in [4.69, 9.17) is 11.6 Å². The SMILES string of the molecule is Cc1nc(Nc2ccc(F)cn2)sc1C(=O)NCc1ccc(F)c(Cl)c1. The molecule has 0 aliphatic rings. The highest BCUT2D eigenvalue weighted by molar-refractivity contribution is 7.17. The Morgan fingerprint density at radius 3 is 2.77 bits per heavy atom. The summed E-state index contributed by atoms with van der Waals surface area (Å²) in [6.45, 7) is 1.92. The third-order valence-corrected chi connectivity index (χ3v) is 4.76. The van der Waals surface area contributed by atoms with E-state index in [0.717, 1.165) is 17.5 Å². The average Bonchev–Trinajstić information content (AvgIpc) is 2.98. The lowest BCUT2D eigenvalue weighted by Crippen LogP contribution is -2.22. The first kappa shape index (κ1) is 18.2. The summed E-state index contributed by atoms with van der Waals surface area (Å²) in [6.07, 6.45) is 1.09. The molecule has 9 heteroatoms. The van der Waals surface area contributed by atoms with Gasteiger partial charge in [-0.2, -0.15) is 0 Å². The van der Waals surface area contributed by atoms with Gasteiger partial charge in [-0.25, -0.2) is 18.7 Å². The average molecular weight is 395 g/mol. The second-order valence-corrected chi connectivity index (χ2v) is 6.76. The Balaban J connectivity index is 1.66. The van der Waals surface area contributed by atoms with Crippen LogP contribution in [0, 0.1) is 18.6 Å². The molecule has 0 aliphatic heterocycles. The number of benzene rings is 1. The van der Waals surface area contributed by atoms with Crippen LogP contribution in [-0.2, 0) is 6.54 Å². The predicted octanol–water partition coefficient (Wildman–Crippen LogP) is 4.45. The highest BCUT2D eigenvalue weighted by Gasteiger charge is 2.15. The summed E-state index contributed by atoms with van der Waals surface area (Å²) in [6, 6.07) is 7.01. The minimum Gasteiger partial charge on any atom is -0.347 e. The second-order valence-electron chi connectivity index (χ2n) is 5.35. The molecule has 0 spiro atoms. The molecule has 26 heavy (non-hydrogen) atoms. The Labute approximate surface area is 157 Å². The largest absolute Gasteiger partial charge is 0.347 e. The van der Waals surface area contributed by atoms with Crippen LogP contribution in [0.25, 0.3) is 0 Å². The van der Waals surface area contributed by atoms with Crippen LogP contribution in [0.5, 0.6) is 0 Å². The van der Waals surface area contributed by atoms with Crippen LogP contribution in [-0.4, -0.2) is 15.9 Å². The zero-order valence-corrected chi connectivity index (χ0v) is 15.1. The van der Waals surface area contributed by atoms with E-state index in [-0.39, 0.29) is 17.5 Å². The maximum Gasteiger partial charge on any atom is 0.263 e. The number of nitrogens with zero attached hydrogens (tertiary/aromatic N) is 2. The first-order valence-corrected chi connectivity index (χ1v) is 8.70. The third kappa shape index (κ3) is 4.33. The molecule has 2 heterocycles. The lowest BCUT2D eigenvalue weighted by atomic mass is 10.2. The van der Waals surface area contributed by atoms with E-state index >= 15 is 0 Å². The molecule has 3 aromatic rings. The molecule has 0 unspecified atom stereocenters. The quantitative estimate of drug-likeness (QED) is 0.670. The molecule has 2 aromatic heterocycles. The minimum absolute atomic E-state index is 0.00371. The fourth-order valence-corrected chi connectivity index (χ4v) is 3.22. The zero-order valence-electron chi connectivity index (χ0n) is 13.5. The van der Waals surface area contributed by atoms with Crippen molar-refractivity contribution in [2.45, 2.75) is 13.5 Å². The van der Waals surface area contributed by atoms with Crippen molar-refractivity contribution in [2.24, 2.45) is 0 Å². The number of nitrogens with one attached hydrogen (secondary N) is 2. The van der Waals surface area contributed by atoms with Gasteiger partial charge in [0.25, 0.3) is 5.91 Å². The molecular formula is C17H13ClF2N4OS. The summed E-state index contributed by atoms with van der Waals surface area (Å²) >= 11 is 6.88. The Hall–Kier alpha value is -2.58. The first-order chi connectivity index (χ1) is 12.4. The van der Waals surface area contributed by atoms with Crippen LogP contribution < -0.4 is 10.6 Å². The van der Waals surface area contributed by atoms with Gasteiger partial charge in [0.2, 0.25) is 0 Å². The fourth-order valence-electron chi connectivity index (χ4n) is 2.13. The van der Waals surface area contributed by atoms with Crippen LogP contribution in [0.2, 0.25) is 5.02 Å². The van der Waals surface area contributed by atoms with Gasteiger partial charge in [-0.05, 0) is 36.8 Å². The van der Waals surface area contributed by atoms with Crippen molar-refractivity contribution in [3.63, 3.8) is 0 Å². The molecule has 0 bridgehead atoms. The van der Waals surface area contributed by atoms with Gasteiger partial charge in [0.05, 0.1) is 16.9 Å². The van der Waals surface area contributed by atoms with E-state index in [0.29, 0.717) is 27.1 Å². The van der Waals surface area contributed by atoms with Gasteiger partial charge >= 0.3 is 0 Å². The lowest BCUT2D eigenvalue weighted by Gasteiger charge is -2.05. The molecule has 1 aromatic carbocycles. The van der Waals surface area contributed by atoms with E-state index in [1.807, 2.05) is 0 Å². The molecule has 134 valence electrons. The van der Waals surface area contributed by atoms with Crippen molar-refractivity contribution < 1.29 is 13.6 Å². The number of hydrogen-bond donors (Lipinski definition) is 2. The fraction of sp³-hybridized carbons (Fsp3) is 0.118. The van der Waals surface area contributed by atoms with Gasteiger partial charge in [-0.15, -0.1) is 0 Å². The van der Waals surface area contributed by atoms with Crippen molar-refractivity contribution in [2.75, 3.05) is 5.32 Å². The maximum absolute atomic E-state index is 13.2. The molecule has 0 aliphatic carbocycles. The summed E-state index contributed by atoms with van der Waals surface area (Å²) < 4.78 is 26.0. The number of carbonyl (C=O) groups excluding carboxylic acids is 1. The number of halogens is 3. The number of rotatable bonds is 5. The van der Waals surface area contributed by atoms with E-state index in [2.05, 4.69) is 20.6 Å². The van der Waals surface area contributed by atoms with E-state index < -0.39 is 11.6 Å². The van der Waals surface area contributed by atoms with Crippen molar-refractivity contribution in [3.8, 4) is 0 Å². The number of aryl methyl sites for hydroxylation is 1. The summed E-state index contributed by atoms with van der Waals surface area (Å²) in [5, 5.41) is 6.14. The van der Waals surface area contributed by atoms with Gasteiger partial charge in [-0.1, -0.05) is 29.0 Å². The molecule has 2 N–H and O–H groups in total. The number of carbonyl (C=O) groups is 1. The number of aromatic nitrogens is 2. The number of anilines is 2. The molecular weight excluding hydrogens is 382 g/mol. The standard InChI is InChI=1S/C17H13ClF2N4OS/c1-9-15(16(25)22-7-10-2-4-13(20)12(18)6-10)26-17(23-9)24-14-5-3-11(19)8-21-14/h2-6,8H,7H2,1H3,(H,22,25)(H,21,23,24). The van der Waals surface area contributed by atoms with Gasteiger partial charge < -0.3 is 10.6 Å². The first-order valence-electron chi connectivity index (χ1n) is 7.50. The molecule has 0 saturated heterocycles. The predicted molar refractivity (Wildman–Crippen MR) is 96.9 cm³/mol. The lowest BCUT2D eigenvalue weighted by molar-refractivity contribution is 0.0954. The molecule has 0 radical (unpaired) electrons. The molecule has 0 atom stereocenters. The van der Waals surface area contributed by atoms with Crippen LogP contribution >= 0.6 is 22.9 Å². The van der Waals surface area contributed by atoms with Gasteiger partial charge in [0.15, 0.2) is 5.13 Å². The maximum atomic E-state index is 13.2. The Kier molecular flexibility index (Phi) is 5.43. The molecule has 0 fully saturated rings. The van der Waals surface area contributed by atoms with E-state index in [1.165, 1.54) is 24.3 Å². The number of pyridine rings is 1. The molecule has 1 amide bonds. The number of amides is 1. The van der Waals surface area contributed by atoms with Crippen LogP contribution in [0.3, 0.4) is 0 Å². The summed E-state index contributed by atoms with van der Waals surface area (Å²) in [5.74, 6) is -0.828. The normalized spacial score (nSPS) is 10.6. The van der Waals surface area contributed by atoms with Crippen molar-refractivity contribution in [3.05, 3.63) is 69.3 Å². The summed E-state index contributed by atoms with van der Waals surface area (Å²) in [4.78, 5) is 21.0. The van der Waals surface area contributed by atoms with E-state index in [9.17, 15) is 13.6 Å². The van der Waals surface area contributed by atoms with Crippen molar-refractivity contribution in [1.82, 2.24) is 15.3 Å². The molecule has 5 nitrogen and oxygen atoms in total. The van der Waals surface area contributed by atoms with Crippen LogP contribution in [0.15, 0.2) is 36.5 Å². The van der Waals surface area contributed by atoms with Gasteiger partial charge in [-0.3, -0.25) is 4.79 Å². The highest BCUT2D eigenvalue weighted by Crippen LogP contribution is 2.25. The smallest absolute Gasteiger partial charge is 0.263 e. The van der Waals surface area contributed by atoms with Crippen molar-refractivity contribution >= 4 is 39.8 Å². The van der Waals surface area contributed by atoms with Gasteiger partial charge in [0.1, 0.15) is 22.3 Å². The second kappa shape index (κ2) is 7.76. The minimum atomic E-state index is -0.509. The zero-order chi connectivity index (χ0) is 18.7.